The van der Waals surface area contributed by atoms with Gasteiger partial charge in [-0.15, -0.1) is 11.3 Å². The van der Waals surface area contributed by atoms with E-state index in [1.165, 1.54) is 11.3 Å². The number of hydrogen-bond donors (Lipinski definition) is 1. The minimum Gasteiger partial charge on any atom is -0.493 e. The molecule has 1 N–H and O–H groups in total. The van der Waals surface area contributed by atoms with Crippen LogP contribution in [0, 0.1) is 27.7 Å². The van der Waals surface area contributed by atoms with Crippen molar-refractivity contribution in [3.63, 3.8) is 0 Å². The number of nitrogens with zero attached hydrogens (tertiary/aromatic N) is 1. The third-order valence-electron chi connectivity index (χ3n) is 4.66. The number of rotatable bonds is 6. The third-order valence-corrected chi connectivity index (χ3v) is 5.76. The summed E-state index contributed by atoms with van der Waals surface area (Å²) in [6.45, 7) is 9.73. The average molecular weight is 401 g/mol. The predicted molar refractivity (Wildman–Crippen MR) is 110 cm³/mol. The first-order chi connectivity index (χ1) is 13.3. The molecular formula is C21H24N2O4S. The topological polar surface area (TPSA) is 81.3 Å². The van der Waals surface area contributed by atoms with E-state index >= 15 is 0 Å². The number of esters is 1. The highest BCUT2D eigenvalue weighted by Crippen LogP contribution is 2.27. The number of aromatic nitrogens is 2. The lowest BCUT2D eigenvalue weighted by Crippen LogP contribution is -2.18. The number of fused-ring (bicyclic) bond motifs is 1. The molecular weight excluding hydrogens is 376 g/mol. The quantitative estimate of drug-likeness (QED) is 0.624. The van der Waals surface area contributed by atoms with Crippen LogP contribution in [0.3, 0.4) is 0 Å². The van der Waals surface area contributed by atoms with E-state index in [1.54, 1.807) is 6.92 Å². The summed E-state index contributed by atoms with van der Waals surface area (Å²) in [5.41, 5.74) is 2.85. The van der Waals surface area contributed by atoms with Crippen molar-refractivity contribution in [3.8, 4) is 5.75 Å². The van der Waals surface area contributed by atoms with Crippen molar-refractivity contribution in [1.29, 1.82) is 0 Å². The number of nitrogens with one attached hydrogen (secondary N) is 1. The Kier molecular flexibility index (Phi) is 5.84. The van der Waals surface area contributed by atoms with Crippen LogP contribution in [0.15, 0.2) is 23.0 Å². The molecule has 0 aliphatic rings. The monoisotopic (exact) mass is 400 g/mol. The van der Waals surface area contributed by atoms with Gasteiger partial charge in [-0.1, -0.05) is 12.1 Å². The van der Waals surface area contributed by atoms with E-state index in [4.69, 9.17) is 9.47 Å². The van der Waals surface area contributed by atoms with Gasteiger partial charge < -0.3 is 14.5 Å². The summed E-state index contributed by atoms with van der Waals surface area (Å²) < 4.78 is 11.1. The third kappa shape index (κ3) is 4.25. The number of aryl methyl sites for hydroxylation is 4. The van der Waals surface area contributed by atoms with Crippen molar-refractivity contribution in [1.82, 2.24) is 9.97 Å². The van der Waals surface area contributed by atoms with Crippen molar-refractivity contribution in [2.24, 2.45) is 0 Å². The van der Waals surface area contributed by atoms with Gasteiger partial charge in [0.1, 0.15) is 10.6 Å². The Morgan fingerprint density at radius 1 is 1.25 bits per heavy atom. The van der Waals surface area contributed by atoms with Crippen LogP contribution < -0.4 is 10.3 Å². The molecule has 2 heterocycles. The minimum absolute atomic E-state index is 0.113. The van der Waals surface area contributed by atoms with E-state index in [2.05, 4.69) is 9.97 Å². The smallest absolute Gasteiger partial charge is 0.309 e. The van der Waals surface area contributed by atoms with E-state index in [0.717, 1.165) is 27.3 Å². The second-order valence-electron chi connectivity index (χ2n) is 6.91. The summed E-state index contributed by atoms with van der Waals surface area (Å²) in [6, 6.07) is 5.94. The SMILES string of the molecule is Cc1ccc(C)c(OCCC(=O)O[C@@H](C)c2nc3sc(C)c(C)c3c(=O)[nH]2)c1. The molecule has 0 saturated heterocycles. The number of hydrogen-bond acceptors (Lipinski definition) is 6. The second-order valence-corrected chi connectivity index (χ2v) is 8.12. The van der Waals surface area contributed by atoms with Crippen LogP contribution in [0.1, 0.15) is 46.8 Å². The molecule has 0 radical (unpaired) electrons. The number of aromatic amines is 1. The molecule has 0 aliphatic heterocycles. The average Bonchev–Trinajstić information content (AvgIpc) is 2.92. The van der Waals surface area contributed by atoms with Crippen LogP contribution in [0.25, 0.3) is 10.2 Å². The number of H-pyrrole nitrogens is 1. The van der Waals surface area contributed by atoms with E-state index in [9.17, 15) is 9.59 Å². The predicted octanol–water partition coefficient (Wildman–Crippen LogP) is 4.29. The largest absolute Gasteiger partial charge is 0.493 e. The highest BCUT2D eigenvalue weighted by atomic mass is 32.1. The van der Waals surface area contributed by atoms with Crippen molar-refractivity contribution in [2.75, 3.05) is 6.61 Å². The number of carbonyl (C=O) groups is 1. The van der Waals surface area contributed by atoms with Gasteiger partial charge in [0.05, 0.1) is 18.4 Å². The molecule has 0 fully saturated rings. The van der Waals surface area contributed by atoms with E-state index in [0.29, 0.717) is 16.0 Å². The summed E-state index contributed by atoms with van der Waals surface area (Å²) >= 11 is 1.47. The fraction of sp³-hybridized carbons (Fsp3) is 0.381. The molecule has 0 bridgehead atoms. The maximum Gasteiger partial charge on any atom is 0.309 e. The Bertz CT molecular complexity index is 1080. The van der Waals surface area contributed by atoms with Crippen LogP contribution in [-0.4, -0.2) is 22.5 Å². The van der Waals surface area contributed by atoms with Crippen LogP contribution in [0.5, 0.6) is 5.75 Å². The Hall–Kier alpha value is -2.67. The summed E-state index contributed by atoms with van der Waals surface area (Å²) in [4.78, 5) is 33.4. The molecule has 2 aromatic heterocycles. The van der Waals surface area contributed by atoms with Crippen LogP contribution in [-0.2, 0) is 9.53 Å². The molecule has 28 heavy (non-hydrogen) atoms. The first kappa shape index (κ1) is 20.1. The molecule has 7 heteroatoms. The second kappa shape index (κ2) is 8.14. The zero-order valence-electron chi connectivity index (χ0n) is 16.7. The van der Waals surface area contributed by atoms with E-state index in [1.807, 2.05) is 45.9 Å². The molecule has 0 spiro atoms. The molecule has 1 aromatic carbocycles. The van der Waals surface area contributed by atoms with Crippen molar-refractivity contribution < 1.29 is 14.3 Å². The Labute approximate surface area is 167 Å². The molecule has 0 amide bonds. The van der Waals surface area contributed by atoms with Crippen LogP contribution >= 0.6 is 11.3 Å². The maximum atomic E-state index is 12.4. The minimum atomic E-state index is -0.645. The highest BCUT2D eigenvalue weighted by molar-refractivity contribution is 7.18. The van der Waals surface area contributed by atoms with Gasteiger partial charge in [0.15, 0.2) is 11.9 Å². The van der Waals surface area contributed by atoms with Gasteiger partial charge >= 0.3 is 5.97 Å². The van der Waals surface area contributed by atoms with Crippen LogP contribution in [0.4, 0.5) is 0 Å². The van der Waals surface area contributed by atoms with Crippen molar-refractivity contribution in [2.45, 2.75) is 47.1 Å². The molecule has 0 saturated carbocycles. The molecule has 148 valence electrons. The molecule has 3 rings (SSSR count). The fourth-order valence-electron chi connectivity index (χ4n) is 2.88. The van der Waals surface area contributed by atoms with Gasteiger partial charge in [0, 0.05) is 4.88 Å². The zero-order chi connectivity index (χ0) is 20.4. The molecule has 3 aromatic rings. The lowest BCUT2D eigenvalue weighted by molar-refractivity contribution is -0.149. The number of benzene rings is 1. The molecule has 0 aliphatic carbocycles. The number of thiophene rings is 1. The Balaban J connectivity index is 1.62. The summed E-state index contributed by atoms with van der Waals surface area (Å²) in [5.74, 6) is 0.711. The fourth-order valence-corrected chi connectivity index (χ4v) is 3.92. The van der Waals surface area contributed by atoms with E-state index in [-0.39, 0.29) is 18.6 Å². The Morgan fingerprint density at radius 3 is 2.75 bits per heavy atom. The number of ether oxygens (including phenoxy) is 2. The van der Waals surface area contributed by atoms with Crippen molar-refractivity contribution in [3.05, 3.63) is 55.9 Å². The summed E-state index contributed by atoms with van der Waals surface area (Å²) in [7, 11) is 0. The molecule has 1 atom stereocenters. The van der Waals surface area contributed by atoms with Gasteiger partial charge in [-0.2, -0.15) is 0 Å². The molecule has 0 unspecified atom stereocenters. The first-order valence-corrected chi connectivity index (χ1v) is 9.97. The normalized spacial score (nSPS) is 12.2. The maximum absolute atomic E-state index is 12.4. The standard InChI is InChI=1S/C21H24N2O4S/c1-11-6-7-12(2)16(10-11)26-9-8-17(24)27-14(4)19-22-20(25)18-13(3)15(5)28-21(18)23-19/h6-7,10,14H,8-9H2,1-5H3,(H,22,23,25)/t14-/m0/s1. The van der Waals surface area contributed by atoms with E-state index < -0.39 is 12.1 Å². The summed E-state index contributed by atoms with van der Waals surface area (Å²) in [6.07, 6.45) is -0.533. The van der Waals surface area contributed by atoms with Gasteiger partial charge in [-0.3, -0.25) is 9.59 Å². The lowest BCUT2D eigenvalue weighted by Gasteiger charge is -2.13. The van der Waals surface area contributed by atoms with Crippen molar-refractivity contribution >= 4 is 27.5 Å². The Morgan fingerprint density at radius 2 is 2.00 bits per heavy atom. The lowest BCUT2D eigenvalue weighted by atomic mass is 10.1. The first-order valence-electron chi connectivity index (χ1n) is 9.15. The van der Waals surface area contributed by atoms with Gasteiger partial charge in [0.2, 0.25) is 0 Å². The van der Waals surface area contributed by atoms with Gasteiger partial charge in [-0.25, -0.2) is 4.98 Å². The summed E-state index contributed by atoms with van der Waals surface area (Å²) in [5, 5.41) is 0.603. The number of carbonyl (C=O) groups excluding carboxylic acids is 1. The van der Waals surface area contributed by atoms with Gasteiger partial charge in [0.25, 0.3) is 5.56 Å². The molecule has 6 nitrogen and oxygen atoms in total. The highest BCUT2D eigenvalue weighted by Gasteiger charge is 2.18. The zero-order valence-corrected chi connectivity index (χ0v) is 17.5. The van der Waals surface area contributed by atoms with Crippen LogP contribution in [0.2, 0.25) is 0 Å². The van der Waals surface area contributed by atoms with Gasteiger partial charge in [-0.05, 0) is 57.4 Å².